The molecule has 1 aromatic carbocycles. The topological polar surface area (TPSA) is 46.2 Å². The molecule has 1 rings (SSSR count). The van der Waals surface area contributed by atoms with Crippen LogP contribution in [0.5, 0.6) is 0 Å². The summed E-state index contributed by atoms with van der Waals surface area (Å²) in [5.74, 6) is -2.55. The Morgan fingerprint density at radius 2 is 1.88 bits per heavy atom. The minimum absolute atomic E-state index is 0.0193. The molecule has 0 unspecified atom stereocenters. The third-order valence-electron chi connectivity index (χ3n) is 1.87. The first kappa shape index (κ1) is 13.7. The molecule has 0 aliphatic heterocycles. The molecule has 1 aromatic rings. The molecule has 7 heteroatoms. The fourth-order valence-corrected chi connectivity index (χ4v) is 1.48. The summed E-state index contributed by atoms with van der Waals surface area (Å²) in [6, 6.07) is 4.07. The fourth-order valence-electron chi connectivity index (χ4n) is 1.12. The number of ketones is 1. The summed E-state index contributed by atoms with van der Waals surface area (Å²) >= 11 is 3.04. The molecule has 0 saturated heterocycles. The number of benzene rings is 1. The van der Waals surface area contributed by atoms with Crippen LogP contribution in [0.4, 0.5) is 18.9 Å². The predicted octanol–water partition coefficient (Wildman–Crippen LogP) is 3.15. The first-order valence-electron chi connectivity index (χ1n) is 4.40. The van der Waals surface area contributed by atoms with Crippen LogP contribution in [0.3, 0.4) is 0 Å². The largest absolute Gasteiger partial charge is 0.471 e. The number of anilines is 1. The Labute approximate surface area is 103 Å². The predicted molar refractivity (Wildman–Crippen MR) is 58.8 cm³/mol. The van der Waals surface area contributed by atoms with Crippen LogP contribution in [-0.4, -0.2) is 17.9 Å². The van der Waals surface area contributed by atoms with Crippen molar-refractivity contribution in [2.45, 2.75) is 13.1 Å². The summed E-state index contributed by atoms with van der Waals surface area (Å²) in [5.41, 5.74) is -0.153. The first-order chi connectivity index (χ1) is 7.71. The van der Waals surface area contributed by atoms with Crippen molar-refractivity contribution < 1.29 is 22.8 Å². The number of hydrogen-bond donors (Lipinski definition) is 1. The molecular weight excluding hydrogens is 303 g/mol. The minimum Gasteiger partial charge on any atom is -0.318 e. The maximum atomic E-state index is 12.1. The summed E-state index contributed by atoms with van der Waals surface area (Å²) in [4.78, 5) is 21.9. The Morgan fingerprint density at radius 3 is 2.35 bits per heavy atom. The maximum absolute atomic E-state index is 12.1. The van der Waals surface area contributed by atoms with Crippen molar-refractivity contribution in [2.75, 3.05) is 5.32 Å². The molecule has 0 saturated carbocycles. The van der Waals surface area contributed by atoms with Crippen LogP contribution in [0.2, 0.25) is 0 Å². The molecule has 17 heavy (non-hydrogen) atoms. The third-order valence-corrected chi connectivity index (χ3v) is 2.36. The Hall–Kier alpha value is -1.37. The molecule has 92 valence electrons. The van der Waals surface area contributed by atoms with Crippen LogP contribution in [0.25, 0.3) is 0 Å². The van der Waals surface area contributed by atoms with E-state index in [-0.39, 0.29) is 11.3 Å². The number of Topliss-reactive ketones (excluding diaryl/α,β-unsaturated/α-hetero) is 1. The summed E-state index contributed by atoms with van der Waals surface area (Å²) in [6.07, 6.45) is -4.99. The van der Waals surface area contributed by atoms with Crippen LogP contribution < -0.4 is 5.32 Å². The quantitative estimate of drug-likeness (QED) is 0.853. The Balaban J connectivity index is 3.09. The lowest BCUT2D eigenvalue weighted by molar-refractivity contribution is -0.167. The van der Waals surface area contributed by atoms with E-state index in [2.05, 4.69) is 15.9 Å². The summed E-state index contributed by atoms with van der Waals surface area (Å²) < 4.78 is 36.6. The number of amides is 1. The highest BCUT2D eigenvalue weighted by Gasteiger charge is 2.39. The highest BCUT2D eigenvalue weighted by Crippen LogP contribution is 2.24. The van der Waals surface area contributed by atoms with Gasteiger partial charge in [0.1, 0.15) is 0 Å². The third kappa shape index (κ3) is 3.55. The zero-order valence-corrected chi connectivity index (χ0v) is 10.1. The standard InChI is InChI=1S/C10H7BrF3NO2/c1-5(16)7-3-2-6(11)4-8(7)15-9(17)10(12,13)14/h2-4H,1H3,(H,15,17). The second-order valence-corrected chi connectivity index (χ2v) is 4.11. The highest BCUT2D eigenvalue weighted by atomic mass is 79.9. The molecule has 3 nitrogen and oxygen atoms in total. The number of carbonyl (C=O) groups is 2. The van der Waals surface area contributed by atoms with E-state index in [1.807, 2.05) is 0 Å². The SMILES string of the molecule is CC(=O)c1ccc(Br)cc1NC(=O)C(F)(F)F. The number of alkyl halides is 3. The van der Waals surface area contributed by atoms with E-state index in [1.165, 1.54) is 25.1 Å². The van der Waals surface area contributed by atoms with Crippen molar-refractivity contribution in [3.05, 3.63) is 28.2 Å². The molecule has 1 N–H and O–H groups in total. The Kier molecular flexibility index (Phi) is 3.92. The van der Waals surface area contributed by atoms with E-state index in [9.17, 15) is 22.8 Å². The average molecular weight is 310 g/mol. The highest BCUT2D eigenvalue weighted by molar-refractivity contribution is 9.10. The molecule has 0 aliphatic carbocycles. The molecule has 0 heterocycles. The van der Waals surface area contributed by atoms with Gasteiger partial charge in [0.05, 0.1) is 5.69 Å². The van der Waals surface area contributed by atoms with Crippen LogP contribution in [-0.2, 0) is 4.79 Å². The van der Waals surface area contributed by atoms with Crippen molar-refractivity contribution in [3.8, 4) is 0 Å². The van der Waals surface area contributed by atoms with E-state index >= 15 is 0 Å². The fraction of sp³-hybridized carbons (Fsp3) is 0.200. The van der Waals surface area contributed by atoms with E-state index in [0.717, 1.165) is 0 Å². The van der Waals surface area contributed by atoms with Crippen LogP contribution in [0.1, 0.15) is 17.3 Å². The van der Waals surface area contributed by atoms with Crippen molar-refractivity contribution in [3.63, 3.8) is 0 Å². The number of carbonyl (C=O) groups excluding carboxylic acids is 2. The van der Waals surface area contributed by atoms with Gasteiger partial charge in [-0.2, -0.15) is 13.2 Å². The molecule has 0 atom stereocenters. The zero-order chi connectivity index (χ0) is 13.2. The maximum Gasteiger partial charge on any atom is 0.471 e. The molecule has 0 radical (unpaired) electrons. The van der Waals surface area contributed by atoms with Gasteiger partial charge in [-0.25, -0.2) is 0 Å². The molecule has 0 fully saturated rings. The molecule has 0 aromatic heterocycles. The lowest BCUT2D eigenvalue weighted by Crippen LogP contribution is -2.30. The van der Waals surface area contributed by atoms with Gasteiger partial charge in [-0.3, -0.25) is 9.59 Å². The van der Waals surface area contributed by atoms with E-state index < -0.39 is 17.9 Å². The van der Waals surface area contributed by atoms with Gasteiger partial charge in [-0.05, 0) is 25.1 Å². The van der Waals surface area contributed by atoms with Gasteiger partial charge in [-0.1, -0.05) is 15.9 Å². The summed E-state index contributed by atoms with van der Waals surface area (Å²) in [5, 5.41) is 1.66. The molecule has 0 aliphatic rings. The zero-order valence-electron chi connectivity index (χ0n) is 8.56. The number of hydrogen-bond acceptors (Lipinski definition) is 2. The number of rotatable bonds is 2. The van der Waals surface area contributed by atoms with Gasteiger partial charge in [-0.15, -0.1) is 0 Å². The van der Waals surface area contributed by atoms with Crippen LogP contribution in [0.15, 0.2) is 22.7 Å². The molecule has 0 bridgehead atoms. The summed E-state index contributed by atoms with van der Waals surface area (Å²) in [7, 11) is 0. The normalized spacial score (nSPS) is 11.1. The number of nitrogens with one attached hydrogen (secondary N) is 1. The van der Waals surface area contributed by atoms with E-state index in [0.29, 0.717) is 4.47 Å². The monoisotopic (exact) mass is 309 g/mol. The second kappa shape index (κ2) is 4.87. The van der Waals surface area contributed by atoms with Crippen molar-refractivity contribution >= 4 is 33.3 Å². The molecule has 0 spiro atoms. The van der Waals surface area contributed by atoms with E-state index in [1.54, 1.807) is 5.32 Å². The number of halogens is 4. The lowest BCUT2D eigenvalue weighted by atomic mass is 10.1. The average Bonchev–Trinajstić information content (AvgIpc) is 2.15. The Morgan fingerprint density at radius 1 is 1.29 bits per heavy atom. The van der Waals surface area contributed by atoms with Gasteiger partial charge in [0.15, 0.2) is 5.78 Å². The van der Waals surface area contributed by atoms with Gasteiger partial charge in [0.25, 0.3) is 0 Å². The van der Waals surface area contributed by atoms with Crippen molar-refractivity contribution in [1.82, 2.24) is 0 Å². The van der Waals surface area contributed by atoms with Crippen LogP contribution >= 0.6 is 15.9 Å². The van der Waals surface area contributed by atoms with Gasteiger partial charge in [0.2, 0.25) is 0 Å². The second-order valence-electron chi connectivity index (χ2n) is 3.20. The van der Waals surface area contributed by atoms with E-state index in [4.69, 9.17) is 0 Å². The van der Waals surface area contributed by atoms with Crippen molar-refractivity contribution in [1.29, 1.82) is 0 Å². The van der Waals surface area contributed by atoms with Crippen LogP contribution in [0, 0.1) is 0 Å². The molecule has 1 amide bonds. The molecular formula is C10H7BrF3NO2. The van der Waals surface area contributed by atoms with Crippen molar-refractivity contribution in [2.24, 2.45) is 0 Å². The van der Waals surface area contributed by atoms with Gasteiger partial charge in [0, 0.05) is 10.0 Å². The summed E-state index contributed by atoms with van der Waals surface area (Å²) in [6.45, 7) is 1.20. The van der Waals surface area contributed by atoms with Gasteiger partial charge >= 0.3 is 12.1 Å². The smallest absolute Gasteiger partial charge is 0.318 e. The van der Waals surface area contributed by atoms with Gasteiger partial charge < -0.3 is 5.32 Å². The lowest BCUT2D eigenvalue weighted by Gasteiger charge is -2.11. The Bertz CT molecular complexity index is 471. The minimum atomic E-state index is -4.99. The first-order valence-corrected chi connectivity index (χ1v) is 5.20.